The summed E-state index contributed by atoms with van der Waals surface area (Å²) in [6, 6.07) is 0.503. The van der Waals surface area contributed by atoms with Gasteiger partial charge >= 0.3 is 23.8 Å². The minimum Gasteiger partial charge on any atom is -0.475 e. The van der Waals surface area contributed by atoms with E-state index in [1.165, 1.54) is 12.3 Å². The molecule has 1 aliphatic heterocycles. The van der Waals surface area contributed by atoms with Crippen molar-refractivity contribution < 1.29 is 42.4 Å². The highest BCUT2D eigenvalue weighted by molar-refractivity contribution is 5.75. The van der Waals surface area contributed by atoms with Crippen molar-refractivity contribution in [2.45, 2.75) is 51.0 Å². The van der Waals surface area contributed by atoms with E-state index in [0.29, 0.717) is 0 Å². The first-order valence-electron chi connectivity index (χ1n) is 9.56. The molecule has 190 valence electrons. The van der Waals surface area contributed by atoms with Crippen molar-refractivity contribution in [3.05, 3.63) is 33.2 Å². The van der Waals surface area contributed by atoms with Gasteiger partial charge in [-0.25, -0.2) is 9.59 Å². The van der Waals surface area contributed by atoms with Gasteiger partial charge in [-0.1, -0.05) is 25.9 Å². The third kappa shape index (κ3) is 6.80. The summed E-state index contributed by atoms with van der Waals surface area (Å²) in [4.78, 5) is 39.3. The lowest BCUT2D eigenvalue weighted by Gasteiger charge is -2.27. The third-order valence-corrected chi connectivity index (χ3v) is 4.73. The number of aliphatic hydroxyl groups excluding tert-OH is 1. The molecule has 0 spiro atoms. The van der Waals surface area contributed by atoms with E-state index in [0.717, 1.165) is 4.57 Å². The number of alkyl halides is 3. The number of carbonyl (C=O) groups excluding carboxylic acids is 1. The van der Waals surface area contributed by atoms with Crippen molar-refractivity contribution in [1.82, 2.24) is 9.55 Å². The molecule has 17 heteroatoms. The molecule has 5 atom stereocenters. The number of carbonyl (C=O) groups is 2. The minimum absolute atomic E-state index is 0.0281. The second-order valence-electron chi connectivity index (χ2n) is 7.57. The normalized spacial score (nSPS) is 25.0. The van der Waals surface area contributed by atoms with Crippen LogP contribution < -0.4 is 17.2 Å². The Bertz CT molecular complexity index is 996. The van der Waals surface area contributed by atoms with Gasteiger partial charge in [0, 0.05) is 17.0 Å². The van der Waals surface area contributed by atoms with E-state index in [-0.39, 0.29) is 11.7 Å². The number of aromatic nitrogens is 2. The molecule has 1 unspecified atom stereocenters. The molecule has 1 aromatic rings. The number of carboxylic acid groups (broad SMARTS) is 1. The largest absolute Gasteiger partial charge is 0.490 e. The highest BCUT2D eigenvalue weighted by Gasteiger charge is 2.54. The molecule has 0 bridgehead atoms. The van der Waals surface area contributed by atoms with E-state index in [1.807, 2.05) is 0 Å². The van der Waals surface area contributed by atoms with Gasteiger partial charge in [0.1, 0.15) is 24.7 Å². The van der Waals surface area contributed by atoms with Crippen LogP contribution in [0.25, 0.3) is 10.4 Å². The average Bonchev–Trinajstić information content (AvgIpc) is 2.97. The van der Waals surface area contributed by atoms with E-state index in [1.54, 1.807) is 20.8 Å². The molecule has 1 aromatic heterocycles. The Morgan fingerprint density at radius 2 is 2.03 bits per heavy atom. The summed E-state index contributed by atoms with van der Waals surface area (Å²) < 4.78 is 43.7. The zero-order chi connectivity index (χ0) is 26.4. The smallest absolute Gasteiger partial charge is 0.475 e. The Hall–Kier alpha value is -3.40. The van der Waals surface area contributed by atoms with Crippen LogP contribution in [0.2, 0.25) is 0 Å². The maximum absolute atomic E-state index is 12.1. The van der Waals surface area contributed by atoms with Crippen LogP contribution in [0.15, 0.2) is 22.2 Å². The van der Waals surface area contributed by atoms with Crippen LogP contribution in [0.5, 0.6) is 0 Å². The predicted molar refractivity (Wildman–Crippen MR) is 108 cm³/mol. The first kappa shape index (κ1) is 28.6. The van der Waals surface area contributed by atoms with Crippen molar-refractivity contribution >= 4 is 17.8 Å². The van der Waals surface area contributed by atoms with Gasteiger partial charge in [0.25, 0.3) is 0 Å². The SMILES string of the molecule is CC(C)[C@H](N)C(=O)OCC1(N=[N+]=[N-])O[C@@H](n2ccc(N)nc2=O)[C@H](C)[C@@H]1O.O=C(O)C(F)(F)F. The number of nitrogen functional groups attached to an aromatic ring is 1. The Morgan fingerprint density at radius 3 is 2.47 bits per heavy atom. The van der Waals surface area contributed by atoms with Gasteiger partial charge < -0.3 is 31.2 Å². The standard InChI is InChI=1S/C15H23N7O5.C2HF3O2/c1-7(2)10(17)13(24)26-6-15(20-21-18)11(23)8(3)12(27-15)22-5-4-9(16)19-14(22)25;3-2(4,5)1(6)7/h4-5,7-8,10-12,23H,6,17H2,1-3H3,(H2,16,19,25);(H,6,7)/t8-,10+,11+,12-,15?;/m1./s1. The summed E-state index contributed by atoms with van der Waals surface area (Å²) in [5.41, 5.74) is 17.5. The Labute approximate surface area is 189 Å². The highest BCUT2D eigenvalue weighted by Crippen LogP contribution is 2.42. The fraction of sp³-hybridized carbons (Fsp3) is 0.647. The molecular formula is C17H24F3N7O7. The number of esters is 1. The van der Waals surface area contributed by atoms with Gasteiger partial charge in [0.2, 0.25) is 5.72 Å². The van der Waals surface area contributed by atoms with E-state index in [9.17, 15) is 27.9 Å². The summed E-state index contributed by atoms with van der Waals surface area (Å²) in [5.74, 6) is -4.31. The van der Waals surface area contributed by atoms with Crippen molar-refractivity contribution in [2.75, 3.05) is 12.3 Å². The number of aliphatic hydroxyl groups is 1. The maximum atomic E-state index is 12.1. The van der Waals surface area contributed by atoms with E-state index in [2.05, 4.69) is 15.0 Å². The number of hydrogen-bond acceptors (Lipinski definition) is 10. The van der Waals surface area contributed by atoms with Crippen LogP contribution in [-0.4, -0.2) is 62.4 Å². The molecule has 0 radical (unpaired) electrons. The monoisotopic (exact) mass is 495 g/mol. The first-order chi connectivity index (χ1) is 15.6. The number of rotatable bonds is 6. The van der Waals surface area contributed by atoms with Crippen molar-refractivity contribution in [2.24, 2.45) is 22.7 Å². The van der Waals surface area contributed by atoms with E-state index in [4.69, 9.17) is 36.4 Å². The number of nitrogens with zero attached hydrogens (tertiary/aromatic N) is 5. The average molecular weight is 495 g/mol. The lowest BCUT2D eigenvalue weighted by Crippen LogP contribution is -2.46. The molecule has 0 amide bonds. The summed E-state index contributed by atoms with van der Waals surface area (Å²) >= 11 is 0. The summed E-state index contributed by atoms with van der Waals surface area (Å²) in [7, 11) is 0. The molecule has 0 saturated carbocycles. The van der Waals surface area contributed by atoms with Gasteiger partial charge in [-0.2, -0.15) is 18.2 Å². The van der Waals surface area contributed by atoms with Gasteiger partial charge in [-0.3, -0.25) is 9.36 Å². The fourth-order valence-electron chi connectivity index (χ4n) is 2.73. The van der Waals surface area contributed by atoms with E-state index < -0.39 is 60.4 Å². The quantitative estimate of drug-likeness (QED) is 0.185. The number of azide groups is 1. The molecule has 1 saturated heterocycles. The maximum Gasteiger partial charge on any atom is 0.490 e. The second-order valence-corrected chi connectivity index (χ2v) is 7.57. The second kappa shape index (κ2) is 11.1. The van der Waals surface area contributed by atoms with Gasteiger partial charge in [0.15, 0.2) is 0 Å². The topological polar surface area (TPSA) is 229 Å². The van der Waals surface area contributed by atoms with Crippen LogP contribution in [0.4, 0.5) is 19.0 Å². The zero-order valence-electron chi connectivity index (χ0n) is 18.2. The number of halogens is 3. The Morgan fingerprint density at radius 1 is 1.47 bits per heavy atom. The lowest BCUT2D eigenvalue weighted by atomic mass is 9.98. The van der Waals surface area contributed by atoms with Crippen LogP contribution in [0.1, 0.15) is 27.0 Å². The summed E-state index contributed by atoms with van der Waals surface area (Å²) in [6.45, 7) is 4.52. The minimum atomic E-state index is -5.08. The number of carboxylic acids is 1. The molecule has 1 fully saturated rings. The number of ether oxygens (including phenoxy) is 2. The van der Waals surface area contributed by atoms with Crippen molar-refractivity contribution in [3.63, 3.8) is 0 Å². The molecule has 2 rings (SSSR count). The molecule has 0 aromatic carbocycles. The number of aliphatic carboxylic acids is 1. The lowest BCUT2D eigenvalue weighted by molar-refractivity contribution is -0.192. The summed E-state index contributed by atoms with van der Waals surface area (Å²) in [5, 5.41) is 21.2. The van der Waals surface area contributed by atoms with Crippen LogP contribution in [0, 0.1) is 11.8 Å². The van der Waals surface area contributed by atoms with E-state index >= 15 is 0 Å². The van der Waals surface area contributed by atoms with Crippen molar-refractivity contribution in [1.29, 1.82) is 0 Å². The van der Waals surface area contributed by atoms with Crippen molar-refractivity contribution in [3.8, 4) is 0 Å². The van der Waals surface area contributed by atoms with Crippen LogP contribution in [0.3, 0.4) is 0 Å². The number of hydrogen-bond donors (Lipinski definition) is 4. The summed E-state index contributed by atoms with van der Waals surface area (Å²) in [6.07, 6.45) is -6.10. The number of nitrogens with two attached hydrogens (primary N) is 2. The molecule has 2 heterocycles. The van der Waals surface area contributed by atoms with Gasteiger partial charge in [-0.05, 0) is 17.5 Å². The predicted octanol–water partition coefficient (Wildman–Crippen LogP) is 0.518. The molecule has 34 heavy (non-hydrogen) atoms. The zero-order valence-corrected chi connectivity index (χ0v) is 18.2. The Kier molecular flexibility index (Phi) is 9.39. The fourth-order valence-corrected chi connectivity index (χ4v) is 2.73. The molecule has 1 aliphatic rings. The molecule has 14 nitrogen and oxygen atoms in total. The van der Waals surface area contributed by atoms with Crippen LogP contribution in [-0.2, 0) is 19.1 Å². The third-order valence-electron chi connectivity index (χ3n) is 4.73. The molecule has 0 aliphatic carbocycles. The Balaban J connectivity index is 0.000000718. The molecular weight excluding hydrogens is 471 g/mol. The van der Waals surface area contributed by atoms with Gasteiger partial charge in [0.05, 0.1) is 6.10 Å². The molecule has 6 N–H and O–H groups in total. The first-order valence-corrected chi connectivity index (χ1v) is 9.56. The van der Waals surface area contributed by atoms with Crippen LogP contribution >= 0.6 is 0 Å². The number of anilines is 1. The van der Waals surface area contributed by atoms with Gasteiger partial charge in [-0.15, -0.1) is 0 Å². The highest BCUT2D eigenvalue weighted by atomic mass is 19.4.